The zero-order valence-electron chi connectivity index (χ0n) is 46.8. The van der Waals surface area contributed by atoms with E-state index in [0.29, 0.717) is 36.4 Å². The number of benzene rings is 6. The van der Waals surface area contributed by atoms with E-state index in [2.05, 4.69) is 58.0 Å². The molecule has 12 rings (SSSR count). The van der Waals surface area contributed by atoms with Crippen molar-refractivity contribution in [3.8, 4) is 17.2 Å². The van der Waals surface area contributed by atoms with E-state index >= 15 is 0 Å². The fraction of sp³-hybridized carbons (Fsp3) is 0.394. The molecule has 6 heterocycles. The van der Waals surface area contributed by atoms with Crippen molar-refractivity contribution in [3.63, 3.8) is 0 Å². The molecule has 6 aromatic carbocycles. The minimum absolute atomic E-state index is 0.00518. The molecule has 6 aliphatic heterocycles. The van der Waals surface area contributed by atoms with Crippen molar-refractivity contribution >= 4 is 52.4 Å². The minimum Gasteiger partial charge on any atom is -0.482 e. The van der Waals surface area contributed by atoms with Gasteiger partial charge in [0, 0.05) is 44.3 Å². The number of likely N-dealkylation sites (tertiary alicyclic amines) is 3. The highest BCUT2D eigenvalue weighted by Crippen LogP contribution is 2.37. The fourth-order valence-corrected chi connectivity index (χ4v) is 12.5. The molecule has 81 heavy (non-hydrogen) atoms. The summed E-state index contributed by atoms with van der Waals surface area (Å²) in [7, 11) is 1.42. The van der Waals surface area contributed by atoms with Gasteiger partial charge in [-0.2, -0.15) is 0 Å². The number of methoxy groups -OCH3 is 1. The number of carbonyl (C=O) groups excluding carboxylic acids is 4. The van der Waals surface area contributed by atoms with Gasteiger partial charge in [0.25, 0.3) is 17.7 Å². The largest absolute Gasteiger partial charge is 0.482 e. The summed E-state index contributed by atoms with van der Waals surface area (Å²) >= 11 is 6.13. The first-order valence-corrected chi connectivity index (χ1v) is 29.2. The van der Waals surface area contributed by atoms with Gasteiger partial charge >= 0.3 is 5.97 Å². The van der Waals surface area contributed by atoms with Crippen LogP contribution < -0.4 is 28.9 Å². The summed E-state index contributed by atoms with van der Waals surface area (Å²) in [6.07, 6.45) is 6.63. The number of anilines is 3. The van der Waals surface area contributed by atoms with Gasteiger partial charge in [-0.1, -0.05) is 103 Å². The fourth-order valence-electron chi connectivity index (χ4n) is 12.3. The topological polar surface area (TPSA) is 125 Å². The van der Waals surface area contributed by atoms with Crippen LogP contribution in [0, 0.1) is 6.92 Å². The van der Waals surface area contributed by atoms with Gasteiger partial charge in [-0.3, -0.25) is 14.4 Å². The number of halogens is 1. The zero-order valence-corrected chi connectivity index (χ0v) is 47.5. The van der Waals surface area contributed by atoms with Crippen LogP contribution >= 0.6 is 11.6 Å². The van der Waals surface area contributed by atoms with Gasteiger partial charge in [0.1, 0.15) is 17.2 Å². The second-order valence-corrected chi connectivity index (χ2v) is 22.2. The Morgan fingerprint density at radius 2 is 0.852 bits per heavy atom. The first kappa shape index (κ1) is 57.0. The number of hydrogen-bond donors (Lipinski definition) is 0. The molecule has 0 radical (unpaired) electrons. The Morgan fingerprint density at radius 3 is 1.28 bits per heavy atom. The number of fused-ring (bicyclic) bond motifs is 3. The SMILES string of the molecule is COC(=O)c1ccccc1C1CCN(CCN2C(=O)COc3ccccc32)CC1.Cc1ccccc1C1CCN(CCN2C(=O)COc3ccccc32)CC1.O=C1COc2ccccc2N1CCN1CCC(c2cccc(Cl)c2)CC1. The van der Waals surface area contributed by atoms with E-state index in [1.54, 1.807) is 0 Å². The molecule has 6 aromatic rings. The van der Waals surface area contributed by atoms with Crippen LogP contribution in [0.4, 0.5) is 17.1 Å². The zero-order chi connectivity index (χ0) is 56.1. The summed E-state index contributed by atoms with van der Waals surface area (Å²) in [6.45, 7) is 13.5. The standard InChI is InChI=1S/C23H26N2O4.C22H26N2O2.C21H23ClN2O2/c1-28-23(27)19-7-3-2-6-18(19)17-10-12-24(13-11-17)14-15-25-20-8-4-5-9-21(20)29-16-22(25)26;1-17-6-2-3-7-19(17)18-10-12-23(13-11-18)14-15-24-20-8-4-5-9-21(20)26-16-22(24)25;22-18-5-3-4-17(14-18)16-8-10-23(11-9-16)12-13-24-19-6-1-2-7-20(19)26-15-21(24)25/h2-9,17H,10-16H2,1H3;2-9,18H,10-16H2,1H3;1-7,14,16H,8-13,15H2. The lowest BCUT2D eigenvalue weighted by molar-refractivity contribution is -0.122. The third kappa shape index (κ3) is 14.3. The summed E-state index contributed by atoms with van der Waals surface area (Å²) < 4.78 is 21.5. The van der Waals surface area contributed by atoms with Crippen molar-refractivity contribution in [1.29, 1.82) is 0 Å². The lowest BCUT2D eigenvalue weighted by Gasteiger charge is -2.35. The van der Waals surface area contributed by atoms with Crippen LogP contribution in [0.1, 0.15) is 88.9 Å². The summed E-state index contributed by atoms with van der Waals surface area (Å²) in [4.78, 5) is 61.9. The minimum atomic E-state index is -0.271. The molecule has 0 spiro atoms. The Balaban J connectivity index is 0.000000137. The van der Waals surface area contributed by atoms with Crippen molar-refractivity contribution in [2.45, 2.75) is 63.2 Å². The van der Waals surface area contributed by atoms with Crippen molar-refractivity contribution in [1.82, 2.24) is 14.7 Å². The van der Waals surface area contributed by atoms with E-state index in [-0.39, 0.29) is 43.5 Å². The van der Waals surface area contributed by atoms with Gasteiger partial charge in [0.2, 0.25) is 0 Å². The third-order valence-electron chi connectivity index (χ3n) is 16.9. The molecule has 3 saturated heterocycles. The molecule has 3 fully saturated rings. The van der Waals surface area contributed by atoms with E-state index < -0.39 is 0 Å². The molecule has 15 heteroatoms. The maximum Gasteiger partial charge on any atom is 0.338 e. The third-order valence-corrected chi connectivity index (χ3v) is 17.1. The smallest absolute Gasteiger partial charge is 0.338 e. The summed E-state index contributed by atoms with van der Waals surface area (Å²) in [6, 6.07) is 48.0. The van der Waals surface area contributed by atoms with Crippen LogP contribution in [0.15, 0.2) is 146 Å². The van der Waals surface area contributed by atoms with Crippen LogP contribution in [0.2, 0.25) is 5.02 Å². The average molecular weight is 1120 g/mol. The number of esters is 1. The average Bonchev–Trinajstić information content (AvgIpc) is 3.51. The second kappa shape index (κ2) is 27.5. The maximum absolute atomic E-state index is 12.3. The Morgan fingerprint density at radius 1 is 0.469 bits per heavy atom. The number of piperidine rings is 3. The number of rotatable bonds is 13. The first-order valence-electron chi connectivity index (χ1n) is 28.8. The van der Waals surface area contributed by atoms with E-state index in [1.165, 1.54) is 36.6 Å². The summed E-state index contributed by atoms with van der Waals surface area (Å²) in [5.74, 6) is 3.80. The first-order chi connectivity index (χ1) is 39.6. The molecule has 3 amide bonds. The molecule has 424 valence electrons. The molecule has 0 saturated carbocycles. The van der Waals surface area contributed by atoms with Gasteiger partial charge < -0.3 is 48.3 Å². The summed E-state index contributed by atoms with van der Waals surface area (Å²) in [5.41, 5.74) is 8.64. The van der Waals surface area contributed by atoms with Crippen molar-refractivity contribution in [3.05, 3.63) is 178 Å². The Bertz CT molecular complexity index is 3110. The maximum atomic E-state index is 12.3. The summed E-state index contributed by atoms with van der Waals surface area (Å²) in [5, 5.41) is 0.814. The molecule has 0 N–H and O–H groups in total. The highest BCUT2D eigenvalue weighted by molar-refractivity contribution is 6.30. The Kier molecular flexibility index (Phi) is 19.4. The number of amides is 3. The van der Waals surface area contributed by atoms with Crippen LogP contribution in [0.25, 0.3) is 0 Å². The number of aryl methyl sites for hydroxylation is 1. The number of para-hydroxylation sites is 6. The number of hydrogen-bond acceptors (Lipinski definition) is 11. The quantitative estimate of drug-likeness (QED) is 0.103. The highest BCUT2D eigenvalue weighted by Gasteiger charge is 2.31. The molecule has 0 bridgehead atoms. The van der Waals surface area contributed by atoms with Crippen LogP contribution in [0.5, 0.6) is 17.2 Å². The van der Waals surface area contributed by atoms with Crippen molar-refractivity contribution in [2.24, 2.45) is 0 Å². The Labute approximate surface area is 482 Å². The van der Waals surface area contributed by atoms with Gasteiger partial charge in [-0.15, -0.1) is 0 Å². The monoisotopic (exact) mass is 1110 g/mol. The predicted octanol–water partition coefficient (Wildman–Crippen LogP) is 10.6. The predicted molar refractivity (Wildman–Crippen MR) is 319 cm³/mol. The lowest BCUT2D eigenvalue weighted by Crippen LogP contribution is -2.45. The number of nitrogens with zero attached hydrogens (tertiary/aromatic N) is 6. The molecule has 0 aromatic heterocycles. The normalized spacial score (nSPS) is 18.2. The van der Waals surface area contributed by atoms with Gasteiger partial charge in [0.15, 0.2) is 19.8 Å². The van der Waals surface area contributed by atoms with Crippen molar-refractivity contribution < 1.29 is 38.1 Å². The van der Waals surface area contributed by atoms with E-state index in [4.69, 9.17) is 30.5 Å². The van der Waals surface area contributed by atoms with Crippen LogP contribution in [-0.4, -0.2) is 144 Å². The van der Waals surface area contributed by atoms with E-state index in [9.17, 15) is 19.2 Å². The molecule has 0 unspecified atom stereocenters. The molecule has 0 aliphatic carbocycles. The van der Waals surface area contributed by atoms with Crippen molar-refractivity contribution in [2.75, 3.05) is 120 Å². The van der Waals surface area contributed by atoms with E-state index in [0.717, 1.165) is 136 Å². The van der Waals surface area contributed by atoms with Gasteiger partial charge in [-0.25, -0.2) is 4.79 Å². The van der Waals surface area contributed by atoms with E-state index in [1.807, 2.05) is 124 Å². The number of carbonyl (C=O) groups is 4. The molecule has 6 aliphatic rings. The molecule has 14 nitrogen and oxygen atoms in total. The molecular formula is C66H75ClN6O8. The van der Waals surface area contributed by atoms with Gasteiger partial charge in [0.05, 0.1) is 29.7 Å². The lowest BCUT2D eigenvalue weighted by atomic mass is 9.86. The number of ether oxygens (including phenoxy) is 4. The highest BCUT2D eigenvalue weighted by atomic mass is 35.5. The second-order valence-electron chi connectivity index (χ2n) is 21.7. The molecule has 0 atom stereocenters. The van der Waals surface area contributed by atoms with Crippen LogP contribution in [-0.2, 0) is 19.1 Å². The molecular weight excluding hydrogens is 1040 g/mol. The Hall–Kier alpha value is -7.23. The van der Waals surface area contributed by atoms with Gasteiger partial charge in [-0.05, 0) is 179 Å². The van der Waals surface area contributed by atoms with Crippen LogP contribution in [0.3, 0.4) is 0 Å².